The number of likely N-dealkylation sites (N-methyl/N-ethyl adjacent to an activating group) is 1. The maximum absolute atomic E-state index is 12.9. The summed E-state index contributed by atoms with van der Waals surface area (Å²) in [4.78, 5) is 14.5. The molecule has 0 bridgehead atoms. The number of carbonyl (C=O) groups excluding carboxylic acids is 1. The smallest absolute Gasteiger partial charge is 0.234 e. The van der Waals surface area contributed by atoms with Crippen LogP contribution < -0.4 is 4.74 Å². The number of nitrogens with zero attached hydrogens (tertiary/aromatic N) is 2. The molecule has 0 radical (unpaired) electrons. The zero-order chi connectivity index (χ0) is 15.5. The van der Waals surface area contributed by atoms with E-state index in [1.807, 2.05) is 48.5 Å². The normalized spacial score (nSPS) is 12.5. The number of nitriles is 1. The fraction of sp³-hybridized carbons (Fsp3) is 0.222. The van der Waals surface area contributed by atoms with Crippen molar-refractivity contribution in [3.63, 3.8) is 0 Å². The maximum atomic E-state index is 12.9. The highest BCUT2D eigenvalue weighted by Crippen LogP contribution is 2.44. The molecule has 1 heterocycles. The van der Waals surface area contributed by atoms with Crippen LogP contribution in [0.3, 0.4) is 0 Å². The summed E-state index contributed by atoms with van der Waals surface area (Å²) < 4.78 is 5.90. The third-order valence-corrected chi connectivity index (χ3v) is 3.86. The molecule has 3 rings (SSSR count). The zero-order valence-electron chi connectivity index (χ0n) is 12.3. The molecule has 0 N–H and O–H groups in total. The summed E-state index contributed by atoms with van der Waals surface area (Å²) in [5, 5.41) is 8.71. The summed E-state index contributed by atoms with van der Waals surface area (Å²) >= 11 is 0. The summed E-state index contributed by atoms with van der Waals surface area (Å²) in [5.74, 6) is 1.03. The summed E-state index contributed by atoms with van der Waals surface area (Å²) in [6.45, 7) is 0.428. The van der Waals surface area contributed by atoms with Gasteiger partial charge in [0.15, 0.2) is 0 Å². The quantitative estimate of drug-likeness (QED) is 0.872. The van der Waals surface area contributed by atoms with Gasteiger partial charge >= 0.3 is 0 Å². The average Bonchev–Trinajstić information content (AvgIpc) is 2.56. The van der Waals surface area contributed by atoms with Crippen LogP contribution in [0.15, 0.2) is 48.5 Å². The van der Waals surface area contributed by atoms with Crippen molar-refractivity contribution in [2.75, 3.05) is 13.6 Å². The molecule has 2 aromatic carbocycles. The molecule has 0 aromatic heterocycles. The van der Waals surface area contributed by atoms with Crippen molar-refractivity contribution in [2.24, 2.45) is 0 Å². The molecule has 110 valence electrons. The van der Waals surface area contributed by atoms with Crippen LogP contribution in [0.25, 0.3) is 0 Å². The molecule has 4 heteroatoms. The van der Waals surface area contributed by atoms with Gasteiger partial charge in [0.2, 0.25) is 5.91 Å². The monoisotopic (exact) mass is 292 g/mol. The number of para-hydroxylation sites is 2. The summed E-state index contributed by atoms with van der Waals surface area (Å²) in [7, 11) is 1.74. The molecule has 1 aliphatic rings. The molecule has 2 aromatic rings. The van der Waals surface area contributed by atoms with E-state index >= 15 is 0 Å². The minimum Gasteiger partial charge on any atom is -0.457 e. The molecular formula is C18H16N2O2. The van der Waals surface area contributed by atoms with Crippen molar-refractivity contribution in [3.8, 4) is 17.6 Å². The molecule has 0 saturated carbocycles. The van der Waals surface area contributed by atoms with E-state index < -0.39 is 0 Å². The predicted octanol–water partition coefficient (Wildman–Crippen LogP) is 3.30. The second-order valence-corrected chi connectivity index (χ2v) is 5.28. The van der Waals surface area contributed by atoms with Crippen molar-refractivity contribution in [1.82, 2.24) is 4.90 Å². The maximum Gasteiger partial charge on any atom is 0.234 e. The van der Waals surface area contributed by atoms with Gasteiger partial charge in [0.1, 0.15) is 11.5 Å². The van der Waals surface area contributed by atoms with Gasteiger partial charge in [-0.2, -0.15) is 5.26 Å². The predicted molar refractivity (Wildman–Crippen MR) is 82.7 cm³/mol. The Morgan fingerprint density at radius 3 is 2.23 bits per heavy atom. The SMILES string of the molecule is CN(CCC#N)C(=O)C1c2ccccc2Oc2ccccc21. The molecule has 1 aliphatic heterocycles. The molecule has 0 unspecified atom stereocenters. The number of rotatable bonds is 3. The topological polar surface area (TPSA) is 53.3 Å². The number of benzene rings is 2. The third-order valence-electron chi connectivity index (χ3n) is 3.86. The van der Waals surface area contributed by atoms with E-state index in [1.165, 1.54) is 0 Å². The van der Waals surface area contributed by atoms with Crippen LogP contribution >= 0.6 is 0 Å². The van der Waals surface area contributed by atoms with Gasteiger partial charge in [-0.3, -0.25) is 4.79 Å². The highest BCUT2D eigenvalue weighted by Gasteiger charge is 2.33. The Balaban J connectivity index is 2.03. The Morgan fingerprint density at radius 1 is 1.14 bits per heavy atom. The van der Waals surface area contributed by atoms with Crippen molar-refractivity contribution in [2.45, 2.75) is 12.3 Å². The lowest BCUT2D eigenvalue weighted by Crippen LogP contribution is -2.34. The number of fused-ring (bicyclic) bond motifs is 2. The minimum atomic E-state index is -0.384. The van der Waals surface area contributed by atoms with E-state index in [2.05, 4.69) is 6.07 Å². The van der Waals surface area contributed by atoms with Gasteiger partial charge in [-0.25, -0.2) is 0 Å². The first-order valence-electron chi connectivity index (χ1n) is 7.20. The standard InChI is InChI=1S/C18H16N2O2/c1-20(12-6-11-19)18(21)17-13-7-2-4-9-15(13)22-16-10-5-3-8-14(16)17/h2-5,7-10,17H,6,12H2,1H3. The Kier molecular flexibility index (Phi) is 3.80. The van der Waals surface area contributed by atoms with Crippen LogP contribution in [0, 0.1) is 11.3 Å². The second kappa shape index (κ2) is 5.90. The van der Waals surface area contributed by atoms with E-state index in [-0.39, 0.29) is 11.8 Å². The molecule has 0 aliphatic carbocycles. The fourth-order valence-electron chi connectivity index (χ4n) is 2.72. The summed E-state index contributed by atoms with van der Waals surface area (Å²) in [5.41, 5.74) is 1.74. The van der Waals surface area contributed by atoms with Crippen molar-refractivity contribution in [3.05, 3.63) is 59.7 Å². The van der Waals surface area contributed by atoms with Crippen LogP contribution in [0.4, 0.5) is 0 Å². The second-order valence-electron chi connectivity index (χ2n) is 5.28. The Bertz CT molecular complexity index is 703. The molecule has 0 fully saturated rings. The molecule has 0 saturated heterocycles. The third kappa shape index (κ3) is 2.42. The van der Waals surface area contributed by atoms with E-state index in [9.17, 15) is 4.79 Å². The molecule has 0 atom stereocenters. The van der Waals surface area contributed by atoms with Gasteiger partial charge < -0.3 is 9.64 Å². The van der Waals surface area contributed by atoms with Crippen molar-refractivity contribution in [1.29, 1.82) is 5.26 Å². The first kappa shape index (κ1) is 14.2. The Hall–Kier alpha value is -2.80. The fourth-order valence-corrected chi connectivity index (χ4v) is 2.72. The zero-order valence-corrected chi connectivity index (χ0v) is 12.3. The molecular weight excluding hydrogens is 276 g/mol. The number of hydrogen-bond acceptors (Lipinski definition) is 3. The minimum absolute atomic E-state index is 0.0153. The number of carbonyl (C=O) groups is 1. The van der Waals surface area contributed by atoms with Gasteiger partial charge in [-0.05, 0) is 12.1 Å². The first-order chi connectivity index (χ1) is 10.7. The van der Waals surface area contributed by atoms with Crippen molar-refractivity contribution >= 4 is 5.91 Å². The van der Waals surface area contributed by atoms with E-state index in [4.69, 9.17) is 10.00 Å². The van der Waals surface area contributed by atoms with Crippen LogP contribution in [0.1, 0.15) is 23.5 Å². The Morgan fingerprint density at radius 2 is 1.68 bits per heavy atom. The van der Waals surface area contributed by atoms with E-state index in [1.54, 1.807) is 11.9 Å². The van der Waals surface area contributed by atoms with Crippen LogP contribution in [0.2, 0.25) is 0 Å². The van der Waals surface area contributed by atoms with Gasteiger partial charge in [0.05, 0.1) is 18.4 Å². The van der Waals surface area contributed by atoms with Gasteiger partial charge in [-0.15, -0.1) is 0 Å². The van der Waals surface area contributed by atoms with Gasteiger partial charge in [0, 0.05) is 24.7 Å². The lowest BCUT2D eigenvalue weighted by atomic mass is 9.87. The number of ether oxygens (including phenoxy) is 1. The van der Waals surface area contributed by atoms with E-state index in [0.717, 1.165) is 11.1 Å². The number of hydrogen-bond donors (Lipinski definition) is 0. The lowest BCUT2D eigenvalue weighted by Gasteiger charge is -2.30. The van der Waals surface area contributed by atoms with Crippen LogP contribution in [-0.4, -0.2) is 24.4 Å². The van der Waals surface area contributed by atoms with Crippen LogP contribution in [0.5, 0.6) is 11.5 Å². The molecule has 1 amide bonds. The lowest BCUT2D eigenvalue weighted by molar-refractivity contribution is -0.130. The Labute approximate surface area is 129 Å². The van der Waals surface area contributed by atoms with Crippen molar-refractivity contribution < 1.29 is 9.53 Å². The average molecular weight is 292 g/mol. The molecule has 22 heavy (non-hydrogen) atoms. The summed E-state index contributed by atoms with van der Waals surface area (Å²) in [6, 6.07) is 17.3. The first-order valence-corrected chi connectivity index (χ1v) is 7.20. The largest absolute Gasteiger partial charge is 0.457 e. The molecule has 0 spiro atoms. The number of amides is 1. The summed E-state index contributed by atoms with van der Waals surface area (Å²) in [6.07, 6.45) is 0.328. The molecule has 4 nitrogen and oxygen atoms in total. The van der Waals surface area contributed by atoms with Gasteiger partial charge in [0.25, 0.3) is 0 Å². The van der Waals surface area contributed by atoms with Gasteiger partial charge in [-0.1, -0.05) is 36.4 Å². The van der Waals surface area contributed by atoms with Crippen LogP contribution in [-0.2, 0) is 4.79 Å². The highest BCUT2D eigenvalue weighted by molar-refractivity contribution is 5.89. The van der Waals surface area contributed by atoms with E-state index in [0.29, 0.717) is 24.5 Å². The highest BCUT2D eigenvalue weighted by atomic mass is 16.5.